The molecule has 0 saturated carbocycles. The normalized spacial score (nSPS) is 10.8. The van der Waals surface area contributed by atoms with E-state index in [2.05, 4.69) is 13.8 Å². The maximum absolute atomic E-state index is 12.2. The summed E-state index contributed by atoms with van der Waals surface area (Å²) in [6, 6.07) is 11.8. The Bertz CT molecular complexity index is 691. The van der Waals surface area contributed by atoms with Crippen LogP contribution in [0.25, 0.3) is 6.08 Å². The van der Waals surface area contributed by atoms with Gasteiger partial charge in [-0.25, -0.2) is 0 Å². The third-order valence-corrected chi connectivity index (χ3v) is 3.43. The van der Waals surface area contributed by atoms with Gasteiger partial charge in [0.05, 0.1) is 13.2 Å². The Labute approximate surface area is 148 Å². The van der Waals surface area contributed by atoms with Crippen molar-refractivity contribution in [1.82, 2.24) is 0 Å². The monoisotopic (exact) mass is 340 g/mol. The molecule has 0 amide bonds. The van der Waals surface area contributed by atoms with Crippen molar-refractivity contribution in [3.05, 3.63) is 59.7 Å². The quantitative estimate of drug-likeness (QED) is 0.523. The molecule has 2 rings (SSSR count). The molecule has 0 fully saturated rings. The summed E-state index contributed by atoms with van der Waals surface area (Å²) < 4.78 is 11.4. The molecule has 0 aliphatic heterocycles. The first kappa shape index (κ1) is 18.6. The van der Waals surface area contributed by atoms with Crippen LogP contribution in [0, 0.1) is 0 Å². The third-order valence-electron chi connectivity index (χ3n) is 3.43. The predicted octanol–water partition coefficient (Wildman–Crippen LogP) is 4.87. The van der Waals surface area contributed by atoms with Crippen molar-refractivity contribution >= 4 is 11.9 Å². The number of rotatable bonds is 9. The second kappa shape index (κ2) is 9.52. The van der Waals surface area contributed by atoms with Crippen LogP contribution in [0.1, 0.15) is 42.6 Å². The molecule has 0 atom stereocenters. The number of allylic oxidation sites excluding steroid dienone is 1. The molecular weight excluding hydrogens is 316 g/mol. The summed E-state index contributed by atoms with van der Waals surface area (Å²) in [5.74, 6) is 1.47. The van der Waals surface area contributed by atoms with E-state index in [1.807, 2.05) is 18.2 Å². The number of phenols is 1. The van der Waals surface area contributed by atoms with Crippen molar-refractivity contribution in [1.29, 1.82) is 0 Å². The number of carbonyl (C=O) groups excluding carboxylic acids is 1. The zero-order valence-corrected chi connectivity index (χ0v) is 14.7. The number of ether oxygens (including phenoxy) is 2. The molecule has 0 aromatic heterocycles. The van der Waals surface area contributed by atoms with Gasteiger partial charge < -0.3 is 14.6 Å². The fraction of sp³-hybridized carbons (Fsp3) is 0.286. The molecule has 0 spiro atoms. The van der Waals surface area contributed by atoms with Gasteiger partial charge in [-0.05, 0) is 60.9 Å². The summed E-state index contributed by atoms with van der Waals surface area (Å²) >= 11 is 0. The highest BCUT2D eigenvalue weighted by Gasteiger charge is 2.04. The van der Waals surface area contributed by atoms with Gasteiger partial charge >= 0.3 is 0 Å². The third kappa shape index (κ3) is 5.99. The van der Waals surface area contributed by atoms with Gasteiger partial charge in [-0.1, -0.05) is 19.9 Å². The zero-order valence-electron chi connectivity index (χ0n) is 14.7. The minimum Gasteiger partial charge on any atom is -0.508 e. The van der Waals surface area contributed by atoms with Crippen molar-refractivity contribution in [3.63, 3.8) is 0 Å². The number of benzene rings is 2. The first-order valence-electron chi connectivity index (χ1n) is 8.54. The molecule has 0 saturated heterocycles. The van der Waals surface area contributed by atoms with Crippen molar-refractivity contribution in [2.75, 3.05) is 13.2 Å². The van der Waals surface area contributed by atoms with Crippen LogP contribution in [0.3, 0.4) is 0 Å². The minimum absolute atomic E-state index is 0.129. The molecule has 2 aromatic rings. The topological polar surface area (TPSA) is 55.8 Å². The van der Waals surface area contributed by atoms with Gasteiger partial charge in [0.2, 0.25) is 0 Å². The van der Waals surface area contributed by atoms with Crippen molar-refractivity contribution in [2.24, 2.45) is 0 Å². The molecule has 0 aliphatic rings. The molecule has 1 N–H and O–H groups in total. The molecule has 4 nitrogen and oxygen atoms in total. The van der Waals surface area contributed by atoms with Crippen molar-refractivity contribution < 1.29 is 19.4 Å². The van der Waals surface area contributed by atoms with Gasteiger partial charge in [0, 0.05) is 11.6 Å². The van der Waals surface area contributed by atoms with E-state index in [1.54, 1.807) is 18.2 Å². The number of aromatic hydroxyl groups is 1. The van der Waals surface area contributed by atoms with Gasteiger partial charge in [0.1, 0.15) is 17.2 Å². The SMILES string of the molecule is CCCOc1cc(/C=C/C(=O)c2ccc(O)cc2)cc(OCCC)c1. The van der Waals surface area contributed by atoms with E-state index < -0.39 is 0 Å². The van der Waals surface area contributed by atoms with E-state index in [4.69, 9.17) is 9.47 Å². The van der Waals surface area contributed by atoms with E-state index in [-0.39, 0.29) is 11.5 Å². The van der Waals surface area contributed by atoms with E-state index in [1.165, 1.54) is 18.2 Å². The average Bonchev–Trinajstić information content (AvgIpc) is 2.63. The lowest BCUT2D eigenvalue weighted by atomic mass is 10.1. The molecule has 4 heteroatoms. The zero-order chi connectivity index (χ0) is 18.1. The second-order valence-corrected chi connectivity index (χ2v) is 5.68. The van der Waals surface area contributed by atoms with Gasteiger partial charge in [0.15, 0.2) is 5.78 Å². The van der Waals surface area contributed by atoms with E-state index in [9.17, 15) is 9.90 Å². The van der Waals surface area contributed by atoms with Crippen LogP contribution in [0.5, 0.6) is 17.2 Å². The molecule has 0 heterocycles. The molecule has 0 radical (unpaired) electrons. The molecule has 132 valence electrons. The second-order valence-electron chi connectivity index (χ2n) is 5.68. The van der Waals surface area contributed by atoms with E-state index in [0.717, 1.165) is 29.9 Å². The van der Waals surface area contributed by atoms with Crippen LogP contribution in [0.4, 0.5) is 0 Å². The van der Waals surface area contributed by atoms with Gasteiger partial charge in [0.25, 0.3) is 0 Å². The smallest absolute Gasteiger partial charge is 0.185 e. The Kier molecular flexibility index (Phi) is 7.08. The molecule has 0 aliphatic carbocycles. The lowest BCUT2D eigenvalue weighted by Crippen LogP contribution is -1.99. The van der Waals surface area contributed by atoms with Crippen molar-refractivity contribution in [3.8, 4) is 17.2 Å². The minimum atomic E-state index is -0.129. The van der Waals surface area contributed by atoms with Crippen LogP contribution in [-0.2, 0) is 0 Å². The molecule has 0 unspecified atom stereocenters. The highest BCUT2D eigenvalue weighted by molar-refractivity contribution is 6.06. The summed E-state index contributed by atoms with van der Waals surface area (Å²) in [5, 5.41) is 9.29. The lowest BCUT2D eigenvalue weighted by molar-refractivity contribution is 0.104. The largest absolute Gasteiger partial charge is 0.508 e. The maximum Gasteiger partial charge on any atom is 0.185 e. The fourth-order valence-electron chi connectivity index (χ4n) is 2.19. The summed E-state index contributed by atoms with van der Waals surface area (Å²) in [6.45, 7) is 5.36. The Morgan fingerprint density at radius 1 is 0.960 bits per heavy atom. The number of phenolic OH excluding ortho intramolecular Hbond substituents is 1. The van der Waals surface area contributed by atoms with Crippen LogP contribution in [-0.4, -0.2) is 24.1 Å². The Morgan fingerprint density at radius 2 is 1.52 bits per heavy atom. The standard InChI is InChI=1S/C21H24O4/c1-3-11-24-19-13-16(14-20(15-19)25-12-4-2)5-10-21(23)17-6-8-18(22)9-7-17/h5-10,13-15,22H,3-4,11-12H2,1-2H3/b10-5+. The van der Waals surface area contributed by atoms with Crippen molar-refractivity contribution in [2.45, 2.75) is 26.7 Å². The van der Waals surface area contributed by atoms with Crippen LogP contribution in [0.15, 0.2) is 48.5 Å². The Hall–Kier alpha value is -2.75. The maximum atomic E-state index is 12.2. The number of carbonyl (C=O) groups is 1. The summed E-state index contributed by atoms with van der Waals surface area (Å²) in [4.78, 5) is 12.2. The van der Waals surface area contributed by atoms with E-state index in [0.29, 0.717) is 18.8 Å². The van der Waals surface area contributed by atoms with E-state index >= 15 is 0 Å². The fourth-order valence-corrected chi connectivity index (χ4v) is 2.19. The predicted molar refractivity (Wildman–Crippen MR) is 99.5 cm³/mol. The number of hydrogen-bond donors (Lipinski definition) is 1. The van der Waals surface area contributed by atoms with Gasteiger partial charge in [-0.3, -0.25) is 4.79 Å². The summed E-state index contributed by atoms with van der Waals surface area (Å²) in [7, 11) is 0. The first-order chi connectivity index (χ1) is 12.1. The summed E-state index contributed by atoms with van der Waals surface area (Å²) in [5.41, 5.74) is 1.36. The van der Waals surface area contributed by atoms with Crippen LogP contribution in [0.2, 0.25) is 0 Å². The van der Waals surface area contributed by atoms with Crippen LogP contribution < -0.4 is 9.47 Å². The molecule has 25 heavy (non-hydrogen) atoms. The Morgan fingerprint density at radius 3 is 2.04 bits per heavy atom. The van der Waals surface area contributed by atoms with Gasteiger partial charge in [-0.15, -0.1) is 0 Å². The molecule has 0 bridgehead atoms. The highest BCUT2D eigenvalue weighted by atomic mass is 16.5. The average molecular weight is 340 g/mol. The lowest BCUT2D eigenvalue weighted by Gasteiger charge is -2.10. The molecular formula is C21H24O4. The number of ketones is 1. The summed E-state index contributed by atoms with van der Waals surface area (Å²) in [6.07, 6.45) is 5.09. The first-order valence-corrected chi connectivity index (χ1v) is 8.54. The Balaban J connectivity index is 2.17. The number of hydrogen-bond acceptors (Lipinski definition) is 4. The van der Waals surface area contributed by atoms with Crippen LogP contribution >= 0.6 is 0 Å². The van der Waals surface area contributed by atoms with Gasteiger partial charge in [-0.2, -0.15) is 0 Å². The highest BCUT2D eigenvalue weighted by Crippen LogP contribution is 2.24. The molecule has 2 aromatic carbocycles.